The van der Waals surface area contributed by atoms with Crippen molar-refractivity contribution in [2.24, 2.45) is 0 Å². The van der Waals surface area contributed by atoms with Crippen molar-refractivity contribution in [2.75, 3.05) is 18.2 Å². The lowest BCUT2D eigenvalue weighted by molar-refractivity contribution is -0.113. The molecule has 128 valence electrons. The molecular weight excluding hydrogens is 376 g/mol. The van der Waals surface area contributed by atoms with Gasteiger partial charge in [0, 0.05) is 5.02 Å². The van der Waals surface area contributed by atoms with Crippen LogP contribution in [0.5, 0.6) is 0 Å². The summed E-state index contributed by atoms with van der Waals surface area (Å²) in [7, 11) is -2.57. The summed E-state index contributed by atoms with van der Waals surface area (Å²) in [6.07, 6.45) is 0. The molecule has 0 aliphatic heterocycles. The monoisotopic (exact) mass is 388 g/mol. The largest absolute Gasteiger partial charge is 0.465 e. The molecule has 24 heavy (non-hydrogen) atoms. The molecule has 0 saturated heterocycles. The molecule has 0 spiro atoms. The van der Waals surface area contributed by atoms with Gasteiger partial charge >= 0.3 is 5.97 Å². The van der Waals surface area contributed by atoms with Crippen LogP contribution in [0, 0.1) is 6.92 Å². The quantitative estimate of drug-likeness (QED) is 0.788. The summed E-state index contributed by atoms with van der Waals surface area (Å²) in [5.74, 6) is -2.07. The summed E-state index contributed by atoms with van der Waals surface area (Å²) in [6, 6.07) is 5.51. The fourth-order valence-electron chi connectivity index (χ4n) is 1.79. The molecule has 7 nitrogen and oxygen atoms in total. The number of nitrogens with zero attached hydrogens (tertiary/aromatic N) is 1. The molecule has 2 aromatic rings. The van der Waals surface area contributed by atoms with E-state index in [1.807, 2.05) is 0 Å². The SMILES string of the molecule is COC(=O)c1sc(NC(=O)CS(=O)(=O)c2ccc(Cl)cc2)nc1C. The second-order valence-corrected chi connectivity index (χ2v) is 8.11. The third kappa shape index (κ3) is 4.31. The van der Waals surface area contributed by atoms with Crippen LogP contribution in [-0.4, -0.2) is 38.1 Å². The molecule has 0 bridgehead atoms. The van der Waals surface area contributed by atoms with Gasteiger partial charge in [0.2, 0.25) is 5.91 Å². The highest BCUT2D eigenvalue weighted by molar-refractivity contribution is 7.92. The highest BCUT2D eigenvalue weighted by Crippen LogP contribution is 2.23. The van der Waals surface area contributed by atoms with E-state index < -0.39 is 27.5 Å². The van der Waals surface area contributed by atoms with Gasteiger partial charge in [0.05, 0.1) is 17.7 Å². The molecule has 1 amide bonds. The second kappa shape index (κ2) is 7.29. The molecule has 1 aromatic carbocycles. The minimum absolute atomic E-state index is 0.00683. The number of amides is 1. The first kappa shape index (κ1) is 18.4. The summed E-state index contributed by atoms with van der Waals surface area (Å²) in [5, 5.41) is 2.90. The number of halogens is 1. The average Bonchev–Trinajstić information content (AvgIpc) is 2.86. The van der Waals surface area contributed by atoms with Crippen molar-refractivity contribution in [3.05, 3.63) is 39.9 Å². The van der Waals surface area contributed by atoms with E-state index in [0.717, 1.165) is 11.3 Å². The molecule has 0 radical (unpaired) electrons. The predicted molar refractivity (Wildman–Crippen MR) is 90.3 cm³/mol. The van der Waals surface area contributed by atoms with Crippen molar-refractivity contribution in [3.63, 3.8) is 0 Å². The van der Waals surface area contributed by atoms with E-state index in [-0.39, 0.29) is 14.9 Å². The summed E-state index contributed by atoms with van der Waals surface area (Å²) < 4.78 is 28.9. The third-order valence-electron chi connectivity index (χ3n) is 2.91. The summed E-state index contributed by atoms with van der Waals surface area (Å²) in [5.41, 5.74) is 0.391. The molecule has 0 fully saturated rings. The molecule has 1 N–H and O–H groups in total. The van der Waals surface area contributed by atoms with Crippen molar-refractivity contribution in [1.29, 1.82) is 0 Å². The fraction of sp³-hybridized carbons (Fsp3) is 0.214. The van der Waals surface area contributed by atoms with Gasteiger partial charge in [-0.15, -0.1) is 0 Å². The fourth-order valence-corrected chi connectivity index (χ4v) is 3.95. The number of hydrogen-bond donors (Lipinski definition) is 1. The van der Waals surface area contributed by atoms with Crippen LogP contribution < -0.4 is 5.32 Å². The van der Waals surface area contributed by atoms with E-state index in [4.69, 9.17) is 11.6 Å². The summed E-state index contributed by atoms with van der Waals surface area (Å²) >= 11 is 6.63. The minimum Gasteiger partial charge on any atom is -0.465 e. The average molecular weight is 389 g/mol. The Hall–Kier alpha value is -1.97. The van der Waals surface area contributed by atoms with Crippen LogP contribution in [0.1, 0.15) is 15.4 Å². The van der Waals surface area contributed by atoms with Gasteiger partial charge in [0.25, 0.3) is 0 Å². The Balaban J connectivity index is 2.10. The van der Waals surface area contributed by atoms with E-state index in [2.05, 4.69) is 15.0 Å². The number of benzene rings is 1. The van der Waals surface area contributed by atoms with Gasteiger partial charge in [-0.05, 0) is 31.2 Å². The molecule has 0 atom stereocenters. The Kier molecular flexibility index (Phi) is 5.58. The Morgan fingerprint density at radius 3 is 2.50 bits per heavy atom. The van der Waals surface area contributed by atoms with Crippen LogP contribution in [0.2, 0.25) is 5.02 Å². The summed E-state index contributed by atoms with van der Waals surface area (Å²) in [6.45, 7) is 1.59. The minimum atomic E-state index is -3.81. The van der Waals surface area contributed by atoms with E-state index in [9.17, 15) is 18.0 Å². The zero-order chi connectivity index (χ0) is 17.9. The van der Waals surface area contributed by atoms with Gasteiger partial charge in [0.15, 0.2) is 15.0 Å². The molecule has 0 saturated carbocycles. The molecular formula is C14H13ClN2O5S2. The van der Waals surface area contributed by atoms with Crippen LogP contribution in [0.4, 0.5) is 5.13 Å². The highest BCUT2D eigenvalue weighted by atomic mass is 35.5. The van der Waals surface area contributed by atoms with Crippen molar-refractivity contribution in [1.82, 2.24) is 4.98 Å². The lowest BCUT2D eigenvalue weighted by Gasteiger charge is -2.04. The number of aromatic nitrogens is 1. The molecule has 1 heterocycles. The number of methoxy groups -OCH3 is 1. The Morgan fingerprint density at radius 2 is 1.92 bits per heavy atom. The maximum Gasteiger partial charge on any atom is 0.350 e. The first-order chi connectivity index (χ1) is 11.2. The van der Waals surface area contributed by atoms with Crippen molar-refractivity contribution in [3.8, 4) is 0 Å². The van der Waals surface area contributed by atoms with Crippen molar-refractivity contribution < 1.29 is 22.7 Å². The second-order valence-electron chi connectivity index (χ2n) is 4.69. The number of hydrogen-bond acceptors (Lipinski definition) is 7. The number of carbonyl (C=O) groups excluding carboxylic acids is 2. The standard InChI is InChI=1S/C14H13ClN2O5S2/c1-8-12(13(19)22-2)23-14(16-8)17-11(18)7-24(20,21)10-5-3-9(15)4-6-10/h3-6H,7H2,1-2H3,(H,16,17,18). The number of anilines is 1. The smallest absolute Gasteiger partial charge is 0.350 e. The van der Waals surface area contributed by atoms with Gasteiger partial charge < -0.3 is 10.1 Å². The maximum atomic E-state index is 12.2. The predicted octanol–water partition coefficient (Wildman–Crippen LogP) is 2.30. The highest BCUT2D eigenvalue weighted by Gasteiger charge is 2.22. The molecule has 0 unspecified atom stereocenters. The van der Waals surface area contributed by atoms with E-state index in [0.29, 0.717) is 10.7 Å². The Bertz CT molecular complexity index is 875. The molecule has 10 heteroatoms. The first-order valence-electron chi connectivity index (χ1n) is 6.57. The number of aryl methyl sites for hydroxylation is 1. The lowest BCUT2D eigenvalue weighted by Crippen LogP contribution is -2.22. The van der Waals surface area contributed by atoms with Crippen LogP contribution in [0.3, 0.4) is 0 Å². The van der Waals surface area contributed by atoms with Gasteiger partial charge in [-0.2, -0.15) is 0 Å². The number of sulfone groups is 1. The van der Waals surface area contributed by atoms with Gasteiger partial charge in [0.1, 0.15) is 10.6 Å². The van der Waals surface area contributed by atoms with Crippen molar-refractivity contribution in [2.45, 2.75) is 11.8 Å². The van der Waals surface area contributed by atoms with E-state index in [1.54, 1.807) is 6.92 Å². The van der Waals surface area contributed by atoms with E-state index >= 15 is 0 Å². The topological polar surface area (TPSA) is 102 Å². The zero-order valence-corrected chi connectivity index (χ0v) is 15.1. The molecule has 1 aromatic heterocycles. The van der Waals surface area contributed by atoms with Gasteiger partial charge in [-0.3, -0.25) is 4.79 Å². The van der Waals surface area contributed by atoms with Gasteiger partial charge in [-0.1, -0.05) is 22.9 Å². The zero-order valence-electron chi connectivity index (χ0n) is 12.7. The Labute approximate surface area is 147 Å². The van der Waals surface area contributed by atoms with Crippen LogP contribution in [0.25, 0.3) is 0 Å². The number of esters is 1. The Morgan fingerprint density at radius 1 is 1.29 bits per heavy atom. The molecule has 0 aliphatic rings. The van der Waals surface area contributed by atoms with Crippen LogP contribution >= 0.6 is 22.9 Å². The molecule has 2 rings (SSSR count). The van der Waals surface area contributed by atoms with Gasteiger partial charge in [-0.25, -0.2) is 18.2 Å². The number of thiazole rings is 1. The summed E-state index contributed by atoms with van der Waals surface area (Å²) in [4.78, 5) is 27.7. The first-order valence-corrected chi connectivity index (χ1v) is 9.41. The number of rotatable bonds is 5. The van der Waals surface area contributed by atoms with Crippen LogP contribution in [0.15, 0.2) is 29.2 Å². The van der Waals surface area contributed by atoms with Crippen molar-refractivity contribution >= 4 is 49.8 Å². The number of carbonyl (C=O) groups is 2. The molecule has 0 aliphatic carbocycles. The number of nitrogens with one attached hydrogen (secondary N) is 1. The third-order valence-corrected chi connectivity index (χ3v) is 5.85. The lowest BCUT2D eigenvalue weighted by atomic mass is 10.4. The van der Waals surface area contributed by atoms with Crippen LogP contribution in [-0.2, 0) is 19.4 Å². The normalized spacial score (nSPS) is 11.1. The van der Waals surface area contributed by atoms with E-state index in [1.165, 1.54) is 31.4 Å². The number of ether oxygens (including phenoxy) is 1. The maximum absolute atomic E-state index is 12.2.